The maximum atomic E-state index is 13.0. The van der Waals surface area contributed by atoms with Gasteiger partial charge in [-0.1, -0.05) is 38.1 Å². The van der Waals surface area contributed by atoms with Crippen LogP contribution in [0.3, 0.4) is 0 Å². The van der Waals surface area contributed by atoms with Gasteiger partial charge in [0.1, 0.15) is 10.6 Å². The van der Waals surface area contributed by atoms with Crippen LogP contribution in [0.1, 0.15) is 54.6 Å². The van der Waals surface area contributed by atoms with Crippen LogP contribution in [0.25, 0.3) is 0 Å². The van der Waals surface area contributed by atoms with Gasteiger partial charge in [-0.2, -0.15) is 0 Å². The van der Waals surface area contributed by atoms with E-state index in [1.54, 1.807) is 41.3 Å². The van der Waals surface area contributed by atoms with Gasteiger partial charge in [0.25, 0.3) is 5.91 Å². The molecule has 1 amide bonds. The zero-order valence-electron chi connectivity index (χ0n) is 18.7. The van der Waals surface area contributed by atoms with Crippen molar-refractivity contribution in [3.63, 3.8) is 0 Å². The Labute approximate surface area is 190 Å². The van der Waals surface area contributed by atoms with E-state index >= 15 is 0 Å². The minimum absolute atomic E-state index is 0.0831. The van der Waals surface area contributed by atoms with Crippen LogP contribution < -0.4 is 4.74 Å². The number of amides is 1. The second-order valence-electron chi connectivity index (χ2n) is 9.41. The topological polar surface area (TPSA) is 83.9 Å². The molecule has 0 atom stereocenters. The summed E-state index contributed by atoms with van der Waals surface area (Å²) < 4.78 is 31.5. The molecule has 2 aromatic carbocycles. The number of hydrogen-bond acceptors (Lipinski definition) is 5. The Morgan fingerprint density at radius 2 is 1.81 bits per heavy atom. The normalized spacial score (nSPS) is 17.8. The number of piperidine rings is 1. The van der Waals surface area contributed by atoms with Crippen molar-refractivity contribution < 1.29 is 23.1 Å². The average Bonchev–Trinajstić information content (AvgIpc) is 3.22. The summed E-state index contributed by atoms with van der Waals surface area (Å²) in [5.41, 5.74) is 1.39. The fraction of sp³-hybridized carbons (Fsp3) is 0.480. The van der Waals surface area contributed by atoms with Crippen molar-refractivity contribution in [2.75, 3.05) is 19.7 Å². The lowest BCUT2D eigenvalue weighted by molar-refractivity contribution is -0.0311. The van der Waals surface area contributed by atoms with Crippen molar-refractivity contribution in [2.24, 2.45) is 5.92 Å². The van der Waals surface area contributed by atoms with Crippen LogP contribution in [0.2, 0.25) is 0 Å². The molecule has 4 rings (SSSR count). The summed E-state index contributed by atoms with van der Waals surface area (Å²) >= 11 is 0. The number of aliphatic hydroxyl groups is 1. The van der Waals surface area contributed by atoms with Crippen molar-refractivity contribution in [3.05, 3.63) is 59.2 Å². The molecule has 0 aromatic heterocycles. The SMILES string of the molecule is CC(C)CC1(O)CCN(C(=O)c2ccc(CS(=O)(=O)c3cccc4c3OCC4)cc2)CC1. The van der Waals surface area contributed by atoms with Crippen LogP contribution in [0, 0.1) is 5.92 Å². The number of sulfone groups is 1. The lowest BCUT2D eigenvalue weighted by Gasteiger charge is -2.39. The van der Waals surface area contributed by atoms with E-state index in [1.807, 2.05) is 6.07 Å². The number of fused-ring (bicyclic) bond motifs is 1. The molecule has 2 heterocycles. The molecule has 0 aliphatic carbocycles. The Bertz CT molecular complexity index is 1080. The van der Waals surface area contributed by atoms with Gasteiger partial charge >= 0.3 is 0 Å². The van der Waals surface area contributed by atoms with Crippen LogP contribution in [0.15, 0.2) is 47.4 Å². The Hall–Kier alpha value is -2.38. The number of nitrogens with zero attached hydrogens (tertiary/aromatic N) is 1. The summed E-state index contributed by atoms with van der Waals surface area (Å²) in [6, 6.07) is 12.0. The number of ether oxygens (including phenoxy) is 1. The Balaban J connectivity index is 1.42. The second kappa shape index (κ2) is 8.87. The van der Waals surface area contributed by atoms with Gasteiger partial charge in [0.15, 0.2) is 9.84 Å². The molecule has 2 aromatic rings. The van der Waals surface area contributed by atoms with E-state index in [1.165, 1.54) is 0 Å². The molecule has 1 fully saturated rings. The highest BCUT2D eigenvalue weighted by molar-refractivity contribution is 7.90. The monoisotopic (exact) mass is 457 g/mol. The van der Waals surface area contributed by atoms with Crippen LogP contribution in [0.4, 0.5) is 0 Å². The van der Waals surface area contributed by atoms with Gasteiger partial charge in [-0.25, -0.2) is 8.42 Å². The predicted molar refractivity (Wildman–Crippen MR) is 123 cm³/mol. The van der Waals surface area contributed by atoms with Crippen molar-refractivity contribution in [3.8, 4) is 5.75 Å². The summed E-state index contributed by atoms with van der Waals surface area (Å²) in [7, 11) is -3.56. The minimum atomic E-state index is -3.56. The number of carbonyl (C=O) groups is 1. The molecule has 7 heteroatoms. The molecule has 0 bridgehead atoms. The van der Waals surface area contributed by atoms with Gasteiger partial charge in [-0.15, -0.1) is 0 Å². The molecule has 0 saturated carbocycles. The lowest BCUT2D eigenvalue weighted by atomic mass is 9.84. The molecule has 0 radical (unpaired) electrons. The molecular weight excluding hydrogens is 426 g/mol. The zero-order valence-corrected chi connectivity index (χ0v) is 19.5. The number of rotatable bonds is 6. The van der Waals surface area contributed by atoms with Crippen molar-refractivity contribution in [1.82, 2.24) is 4.90 Å². The molecule has 32 heavy (non-hydrogen) atoms. The van der Waals surface area contributed by atoms with Crippen LogP contribution >= 0.6 is 0 Å². The maximum absolute atomic E-state index is 13.0. The van der Waals surface area contributed by atoms with Crippen molar-refractivity contribution in [2.45, 2.75) is 55.8 Å². The van der Waals surface area contributed by atoms with Gasteiger partial charge in [0, 0.05) is 25.1 Å². The lowest BCUT2D eigenvalue weighted by Crippen LogP contribution is -2.47. The van der Waals surface area contributed by atoms with Gasteiger partial charge in [0.05, 0.1) is 18.0 Å². The van der Waals surface area contributed by atoms with E-state index < -0.39 is 15.4 Å². The molecule has 0 spiro atoms. The van der Waals surface area contributed by atoms with E-state index in [4.69, 9.17) is 4.74 Å². The highest BCUT2D eigenvalue weighted by atomic mass is 32.2. The smallest absolute Gasteiger partial charge is 0.253 e. The number of para-hydroxylation sites is 1. The molecule has 2 aliphatic rings. The first kappa shape index (κ1) is 22.8. The highest BCUT2D eigenvalue weighted by Gasteiger charge is 2.34. The molecular formula is C25H31NO5S. The molecule has 172 valence electrons. The quantitative estimate of drug-likeness (QED) is 0.716. The van der Waals surface area contributed by atoms with Gasteiger partial charge in [0.2, 0.25) is 0 Å². The summed E-state index contributed by atoms with van der Waals surface area (Å²) in [6.45, 7) is 5.74. The van der Waals surface area contributed by atoms with Gasteiger partial charge in [-0.05, 0) is 54.5 Å². The van der Waals surface area contributed by atoms with E-state index in [0.29, 0.717) is 55.3 Å². The first-order valence-electron chi connectivity index (χ1n) is 11.2. The standard InChI is InChI=1S/C25H31NO5S/c1-18(2)16-25(28)11-13-26(14-12-25)24(27)21-8-6-19(7-9-21)17-32(29,30)22-5-3-4-20-10-15-31-23(20)22/h3-9,18,28H,10-17H2,1-2H3. The molecule has 6 nitrogen and oxygen atoms in total. The van der Waals surface area contributed by atoms with Crippen LogP contribution in [-0.4, -0.2) is 49.6 Å². The number of hydrogen-bond donors (Lipinski definition) is 1. The number of benzene rings is 2. The summed E-state index contributed by atoms with van der Waals surface area (Å²) in [5, 5.41) is 10.7. The summed E-state index contributed by atoms with van der Waals surface area (Å²) in [5.74, 6) is 0.657. The second-order valence-corrected chi connectivity index (χ2v) is 11.4. The van der Waals surface area contributed by atoms with Crippen LogP contribution in [-0.2, 0) is 22.0 Å². The third-order valence-corrected chi connectivity index (χ3v) is 8.05. The fourth-order valence-corrected chi connectivity index (χ4v) is 6.29. The first-order valence-corrected chi connectivity index (χ1v) is 12.9. The minimum Gasteiger partial charge on any atom is -0.492 e. The van der Waals surface area contributed by atoms with Crippen LogP contribution in [0.5, 0.6) is 5.75 Å². The van der Waals surface area contributed by atoms with Gasteiger partial charge < -0.3 is 14.7 Å². The van der Waals surface area contributed by atoms with E-state index in [9.17, 15) is 18.3 Å². The zero-order chi connectivity index (χ0) is 22.9. The highest BCUT2D eigenvalue weighted by Crippen LogP contribution is 2.34. The number of likely N-dealkylation sites (tertiary alicyclic amines) is 1. The molecule has 1 saturated heterocycles. The third-order valence-electron chi connectivity index (χ3n) is 6.34. The van der Waals surface area contributed by atoms with E-state index in [0.717, 1.165) is 18.4 Å². The molecule has 2 aliphatic heterocycles. The Kier molecular flexibility index (Phi) is 6.32. The molecule has 0 unspecified atom stereocenters. The van der Waals surface area contributed by atoms with Crippen molar-refractivity contribution >= 4 is 15.7 Å². The fourth-order valence-electron chi connectivity index (χ4n) is 4.74. The average molecular weight is 458 g/mol. The largest absolute Gasteiger partial charge is 0.492 e. The first-order chi connectivity index (χ1) is 15.2. The molecule has 1 N–H and O–H groups in total. The maximum Gasteiger partial charge on any atom is 0.253 e. The van der Waals surface area contributed by atoms with Gasteiger partial charge in [-0.3, -0.25) is 4.79 Å². The van der Waals surface area contributed by atoms with E-state index in [-0.39, 0.29) is 16.6 Å². The van der Waals surface area contributed by atoms with E-state index in [2.05, 4.69) is 13.8 Å². The number of carbonyl (C=O) groups excluding carboxylic acids is 1. The summed E-state index contributed by atoms with van der Waals surface area (Å²) in [4.78, 5) is 14.9. The van der Waals surface area contributed by atoms with Crippen molar-refractivity contribution in [1.29, 1.82) is 0 Å². The predicted octanol–water partition coefficient (Wildman–Crippen LogP) is 3.61. The summed E-state index contributed by atoms with van der Waals surface area (Å²) in [6.07, 6.45) is 2.63. The Morgan fingerprint density at radius 3 is 2.47 bits per heavy atom. The third kappa shape index (κ3) is 4.84. The Morgan fingerprint density at radius 1 is 1.12 bits per heavy atom.